The minimum Gasteiger partial charge on any atom is -0.302 e. The normalized spacial score (nSPS) is 19.1. The first-order chi connectivity index (χ1) is 9.35. The van der Waals surface area contributed by atoms with Gasteiger partial charge in [0.15, 0.2) is 5.03 Å². The summed E-state index contributed by atoms with van der Waals surface area (Å²) in [6, 6.07) is 1.61. The third kappa shape index (κ3) is 3.07. The fraction of sp³-hybridized carbons (Fsp3) is 0.727. The van der Waals surface area contributed by atoms with Crippen molar-refractivity contribution in [2.24, 2.45) is 0 Å². The lowest BCUT2D eigenvalue weighted by Gasteiger charge is -2.23. The molecule has 0 radical (unpaired) electrons. The zero-order valence-electron chi connectivity index (χ0n) is 12.3. The first-order valence-corrected chi connectivity index (χ1v) is 10.8. The molecule has 0 aromatic carbocycles. The zero-order chi connectivity index (χ0) is 15.0. The highest BCUT2D eigenvalue weighted by Gasteiger charge is 2.45. The quantitative estimate of drug-likeness (QED) is 0.707. The highest BCUT2D eigenvalue weighted by molar-refractivity contribution is 7.97. The number of sulfonamides is 1. The van der Waals surface area contributed by atoms with E-state index in [1.165, 1.54) is 3.85 Å². The molecule has 1 aliphatic carbocycles. The molecular weight excluding hydrogens is 314 g/mol. The summed E-state index contributed by atoms with van der Waals surface area (Å²) < 4.78 is 28.0. The minimum atomic E-state index is -3.42. The Bertz CT molecular complexity index is 565. The highest BCUT2D eigenvalue weighted by Crippen LogP contribution is 2.41. The first kappa shape index (κ1) is 16.3. The summed E-state index contributed by atoms with van der Waals surface area (Å²) in [5.74, 6) is 0. The van der Waals surface area contributed by atoms with Gasteiger partial charge in [-0.1, -0.05) is 0 Å². The molecule has 0 bridgehead atoms. The summed E-state index contributed by atoms with van der Waals surface area (Å²) in [4.78, 5) is 2.20. The molecule has 114 valence electrons. The van der Waals surface area contributed by atoms with Crippen LogP contribution < -0.4 is 0 Å². The lowest BCUT2D eigenvalue weighted by Crippen LogP contribution is -2.34. The molecule has 9 heteroatoms. The second kappa shape index (κ2) is 5.98. The largest absolute Gasteiger partial charge is 0.302 e. The van der Waals surface area contributed by atoms with Crippen molar-refractivity contribution in [3.63, 3.8) is 0 Å². The predicted octanol–water partition coefficient (Wildman–Crippen LogP) is 1.41. The van der Waals surface area contributed by atoms with E-state index in [-0.39, 0.29) is 28.0 Å². The maximum absolute atomic E-state index is 12.4. The average Bonchev–Trinajstić information content (AvgIpc) is 3.00. The molecule has 6 nitrogen and oxygen atoms in total. The van der Waals surface area contributed by atoms with Gasteiger partial charge in [-0.15, -0.1) is 0 Å². The van der Waals surface area contributed by atoms with Crippen LogP contribution in [0, 0.1) is 0 Å². The fourth-order valence-corrected chi connectivity index (χ4v) is 6.21. The van der Waals surface area contributed by atoms with Crippen molar-refractivity contribution in [2.75, 3.05) is 27.4 Å². The number of aromatic nitrogens is 2. The summed E-state index contributed by atoms with van der Waals surface area (Å²) in [5.41, 5.74) is 0.158. The Kier molecular flexibility index (Phi) is 4.87. The molecule has 0 spiro atoms. The number of hydrogen-bond donors (Lipinski definition) is 0. The second-order valence-corrected chi connectivity index (χ2v) is 9.80. The molecular formula is C11H22N4O2P2S. The van der Waals surface area contributed by atoms with E-state index in [2.05, 4.69) is 24.1 Å². The number of rotatable bonds is 7. The van der Waals surface area contributed by atoms with Gasteiger partial charge in [-0.05, 0) is 63.8 Å². The van der Waals surface area contributed by atoms with Gasteiger partial charge >= 0.3 is 0 Å². The Hall–Kier alpha value is -0.0600. The van der Waals surface area contributed by atoms with E-state index >= 15 is 0 Å². The number of likely N-dealkylation sites (N-methyl/N-ethyl adjacent to an activating group) is 1. The molecule has 0 aliphatic heterocycles. The van der Waals surface area contributed by atoms with Crippen LogP contribution in [0.3, 0.4) is 0 Å². The zero-order valence-corrected chi connectivity index (χ0v) is 15.1. The van der Waals surface area contributed by atoms with Gasteiger partial charge in [-0.3, -0.25) is 4.68 Å². The minimum absolute atomic E-state index is 0.158. The van der Waals surface area contributed by atoms with Crippen LogP contribution >= 0.6 is 17.5 Å². The topological polar surface area (TPSA) is 58.4 Å². The van der Waals surface area contributed by atoms with Gasteiger partial charge in [0.2, 0.25) is 0 Å². The lowest BCUT2D eigenvalue weighted by molar-refractivity contribution is 0.233. The van der Waals surface area contributed by atoms with E-state index in [0.717, 1.165) is 19.4 Å². The lowest BCUT2D eigenvalue weighted by atomic mass is 10.2. The van der Waals surface area contributed by atoms with Gasteiger partial charge in [-0.2, -0.15) is 8.94 Å². The fourth-order valence-electron chi connectivity index (χ4n) is 2.21. The van der Waals surface area contributed by atoms with Crippen LogP contribution in [0.2, 0.25) is 0 Å². The molecule has 1 aromatic heterocycles. The maximum atomic E-state index is 12.4. The van der Waals surface area contributed by atoms with E-state index in [4.69, 9.17) is 0 Å². The summed E-state index contributed by atoms with van der Waals surface area (Å²) in [6.07, 6.45) is 4.05. The van der Waals surface area contributed by atoms with Crippen molar-refractivity contribution in [3.8, 4) is 0 Å². The third-order valence-electron chi connectivity index (χ3n) is 3.76. The Labute approximate surface area is 124 Å². The Morgan fingerprint density at radius 3 is 2.40 bits per heavy atom. The number of nitrogens with zero attached hydrogens (tertiary/aromatic N) is 4. The summed E-state index contributed by atoms with van der Waals surface area (Å²) in [5, 5.41) is 4.44. The molecule has 1 aliphatic rings. The van der Waals surface area contributed by atoms with Gasteiger partial charge in [0, 0.05) is 11.7 Å². The van der Waals surface area contributed by atoms with Gasteiger partial charge in [0.25, 0.3) is 10.0 Å². The van der Waals surface area contributed by atoms with Crippen LogP contribution in [-0.2, 0) is 16.6 Å². The van der Waals surface area contributed by atoms with Crippen LogP contribution in [0.25, 0.3) is 0 Å². The molecule has 1 fully saturated rings. The van der Waals surface area contributed by atoms with Crippen molar-refractivity contribution in [2.45, 2.75) is 30.0 Å². The van der Waals surface area contributed by atoms with E-state index < -0.39 is 10.0 Å². The molecule has 1 heterocycles. The molecule has 2 unspecified atom stereocenters. The smallest absolute Gasteiger partial charge is 0.268 e. The Morgan fingerprint density at radius 1 is 1.35 bits per heavy atom. The van der Waals surface area contributed by atoms with Gasteiger partial charge in [0.05, 0.1) is 6.54 Å². The maximum Gasteiger partial charge on any atom is 0.268 e. The van der Waals surface area contributed by atoms with Gasteiger partial charge in [-0.25, -0.2) is 8.42 Å². The van der Waals surface area contributed by atoms with E-state index in [1.807, 2.05) is 13.3 Å². The van der Waals surface area contributed by atoms with Crippen molar-refractivity contribution in [1.82, 2.24) is 18.5 Å². The van der Waals surface area contributed by atoms with Crippen LogP contribution in [0.15, 0.2) is 17.3 Å². The van der Waals surface area contributed by atoms with E-state index in [0.29, 0.717) is 0 Å². The molecule has 0 N–H and O–H groups in total. The molecule has 0 amide bonds. The van der Waals surface area contributed by atoms with Crippen LogP contribution in [0.1, 0.15) is 12.8 Å². The van der Waals surface area contributed by atoms with Gasteiger partial charge < -0.3 is 4.90 Å². The third-order valence-corrected chi connectivity index (χ3v) is 9.68. The second-order valence-electron chi connectivity index (χ2n) is 5.19. The van der Waals surface area contributed by atoms with Gasteiger partial charge in [0.1, 0.15) is 0 Å². The Balaban J connectivity index is 2.17. The molecule has 2 atom stereocenters. The molecule has 20 heavy (non-hydrogen) atoms. The highest BCUT2D eigenvalue weighted by atomic mass is 32.2. The van der Waals surface area contributed by atoms with Crippen LogP contribution in [0.5, 0.6) is 0 Å². The SMILES string of the molecule is CPN(PC)S(=O)(=O)c1ccn(CC2(N(C)C)CC2)n1. The van der Waals surface area contributed by atoms with Crippen molar-refractivity contribution >= 4 is 27.5 Å². The Morgan fingerprint density at radius 2 is 1.95 bits per heavy atom. The number of hydrogen-bond acceptors (Lipinski definition) is 4. The molecule has 0 saturated heterocycles. The van der Waals surface area contributed by atoms with E-state index in [1.54, 1.807) is 16.9 Å². The van der Waals surface area contributed by atoms with Crippen molar-refractivity contribution in [1.29, 1.82) is 0 Å². The molecule has 1 aromatic rings. The summed E-state index contributed by atoms with van der Waals surface area (Å²) in [6.45, 7) is 4.49. The summed E-state index contributed by atoms with van der Waals surface area (Å²) in [7, 11) is 1.17. The molecule has 1 saturated carbocycles. The standard InChI is InChI=1S/C11H22N4O2P2S/c1-13(2)11(6-7-11)9-14-8-5-10(12-14)20(16,17)15(18-3)19-4/h5,8,18-19H,6-7,9H2,1-4H3. The first-order valence-electron chi connectivity index (χ1n) is 6.47. The predicted molar refractivity (Wildman–Crippen MR) is 85.4 cm³/mol. The average molecular weight is 336 g/mol. The monoisotopic (exact) mass is 336 g/mol. The van der Waals surface area contributed by atoms with Crippen LogP contribution in [-0.4, -0.2) is 59.9 Å². The van der Waals surface area contributed by atoms with Crippen LogP contribution in [0.4, 0.5) is 0 Å². The van der Waals surface area contributed by atoms with E-state index in [9.17, 15) is 8.42 Å². The summed E-state index contributed by atoms with van der Waals surface area (Å²) >= 11 is 0. The molecule has 2 rings (SSSR count). The van der Waals surface area contributed by atoms with Crippen molar-refractivity contribution in [3.05, 3.63) is 12.3 Å². The van der Waals surface area contributed by atoms with Crippen molar-refractivity contribution < 1.29 is 8.42 Å².